The van der Waals surface area contributed by atoms with E-state index < -0.39 is 0 Å². The lowest BCUT2D eigenvalue weighted by Gasteiger charge is -2.56. The van der Waals surface area contributed by atoms with E-state index in [0.717, 1.165) is 23.7 Å². The highest BCUT2D eigenvalue weighted by Gasteiger charge is 2.56. The second-order valence-corrected chi connectivity index (χ2v) is 9.58. The van der Waals surface area contributed by atoms with E-state index in [1.165, 1.54) is 77.7 Å². The molecule has 0 heterocycles. The largest absolute Gasteiger partial charge is 0.333 e. The summed E-state index contributed by atoms with van der Waals surface area (Å²) in [4.78, 5) is 0. The van der Waals surface area contributed by atoms with Crippen molar-refractivity contribution in [1.29, 1.82) is 0 Å². The van der Waals surface area contributed by atoms with Crippen LogP contribution in [0.3, 0.4) is 0 Å². The van der Waals surface area contributed by atoms with Crippen LogP contribution in [-0.4, -0.2) is 7.05 Å². The van der Waals surface area contributed by atoms with Crippen LogP contribution in [0.2, 0.25) is 0 Å². The second-order valence-electron chi connectivity index (χ2n) is 9.58. The van der Waals surface area contributed by atoms with Gasteiger partial charge in [0, 0.05) is 0 Å². The molecular formula is C25H47N. The van der Waals surface area contributed by atoms with Gasteiger partial charge in [-0.05, 0) is 86.5 Å². The third-order valence-electron chi connectivity index (χ3n) is 8.78. The van der Waals surface area contributed by atoms with Gasteiger partial charge in [-0.2, -0.15) is 0 Å². The van der Waals surface area contributed by atoms with Crippen LogP contribution in [0.25, 0.3) is 0 Å². The first-order valence-electron chi connectivity index (χ1n) is 11.9. The molecule has 4 aliphatic carbocycles. The SMILES string of the molecule is CC.CCCC1CCC2C3CCC4CCCCC4(C)C3=CCC12C.CN. The van der Waals surface area contributed by atoms with Crippen LogP contribution in [0.4, 0.5) is 0 Å². The zero-order chi connectivity index (χ0) is 19.4. The molecule has 0 radical (unpaired) electrons. The highest BCUT2D eigenvalue weighted by Crippen LogP contribution is 2.65. The van der Waals surface area contributed by atoms with Crippen molar-refractivity contribution >= 4 is 0 Å². The van der Waals surface area contributed by atoms with E-state index in [1.54, 1.807) is 0 Å². The van der Waals surface area contributed by atoms with Crippen molar-refractivity contribution in [1.82, 2.24) is 0 Å². The molecular weight excluding hydrogens is 314 g/mol. The molecule has 2 N–H and O–H groups in total. The van der Waals surface area contributed by atoms with Crippen LogP contribution in [0.5, 0.6) is 0 Å². The average Bonchev–Trinajstić information content (AvgIpc) is 3.01. The topological polar surface area (TPSA) is 26.0 Å². The van der Waals surface area contributed by atoms with E-state index in [9.17, 15) is 0 Å². The zero-order valence-electron chi connectivity index (χ0n) is 18.7. The van der Waals surface area contributed by atoms with Gasteiger partial charge < -0.3 is 5.73 Å². The summed E-state index contributed by atoms with van der Waals surface area (Å²) in [6.45, 7) is 11.7. The van der Waals surface area contributed by atoms with Crippen molar-refractivity contribution in [2.45, 2.75) is 105 Å². The standard InChI is InChI=1S/C22H36.C2H6.CH5N/c1-4-7-16-10-12-19-18-11-9-17-8-5-6-14-21(17,2)20(18)13-15-22(16,19)3;2*1-2/h13,16-19H,4-12,14-15H2,1-3H3;1-2H3;2H2,1H3. The maximum Gasteiger partial charge on any atom is -0.00853 e. The summed E-state index contributed by atoms with van der Waals surface area (Å²) in [5.74, 6) is 4.00. The average molecular weight is 362 g/mol. The molecule has 3 fully saturated rings. The molecule has 6 atom stereocenters. The molecule has 0 saturated heterocycles. The maximum absolute atomic E-state index is 4.50. The lowest BCUT2D eigenvalue weighted by atomic mass is 9.49. The highest BCUT2D eigenvalue weighted by atomic mass is 14.6. The highest BCUT2D eigenvalue weighted by molar-refractivity contribution is 5.28. The fourth-order valence-electron chi connectivity index (χ4n) is 7.49. The van der Waals surface area contributed by atoms with Gasteiger partial charge in [0.05, 0.1) is 0 Å². The first-order chi connectivity index (χ1) is 12.6. The Balaban J connectivity index is 0.000000570. The van der Waals surface area contributed by atoms with Crippen LogP contribution in [0.15, 0.2) is 11.6 Å². The number of fused-ring (bicyclic) bond motifs is 5. The van der Waals surface area contributed by atoms with Crippen molar-refractivity contribution in [2.24, 2.45) is 40.2 Å². The minimum atomic E-state index is 0.589. The van der Waals surface area contributed by atoms with Crippen LogP contribution in [-0.2, 0) is 0 Å². The third kappa shape index (κ3) is 3.54. The Labute approximate surface area is 164 Å². The molecule has 0 aromatic rings. The summed E-state index contributed by atoms with van der Waals surface area (Å²) in [5, 5.41) is 0. The Morgan fingerprint density at radius 2 is 1.73 bits per heavy atom. The Bertz CT molecular complexity index is 467. The van der Waals surface area contributed by atoms with Gasteiger partial charge in [-0.3, -0.25) is 0 Å². The monoisotopic (exact) mass is 361 g/mol. The van der Waals surface area contributed by atoms with Crippen LogP contribution >= 0.6 is 0 Å². The molecule has 3 saturated carbocycles. The normalized spacial score (nSPS) is 43.4. The first-order valence-corrected chi connectivity index (χ1v) is 11.9. The Hall–Kier alpha value is -0.300. The molecule has 6 unspecified atom stereocenters. The Morgan fingerprint density at radius 1 is 1.00 bits per heavy atom. The number of rotatable bonds is 2. The zero-order valence-corrected chi connectivity index (χ0v) is 18.7. The Morgan fingerprint density at radius 3 is 2.42 bits per heavy atom. The van der Waals surface area contributed by atoms with Gasteiger partial charge in [0.15, 0.2) is 0 Å². The van der Waals surface area contributed by atoms with E-state index in [1.807, 2.05) is 19.4 Å². The molecule has 4 rings (SSSR count). The number of hydrogen-bond donors (Lipinski definition) is 1. The summed E-state index contributed by atoms with van der Waals surface area (Å²) in [5.41, 5.74) is 7.68. The van der Waals surface area contributed by atoms with Crippen molar-refractivity contribution in [3.63, 3.8) is 0 Å². The predicted molar refractivity (Wildman–Crippen MR) is 116 cm³/mol. The first kappa shape index (κ1) is 22.0. The van der Waals surface area contributed by atoms with E-state index in [0.29, 0.717) is 10.8 Å². The fraction of sp³-hybridized carbons (Fsp3) is 0.920. The molecule has 0 spiro atoms. The smallest absolute Gasteiger partial charge is 0.00853 e. The van der Waals surface area contributed by atoms with E-state index >= 15 is 0 Å². The van der Waals surface area contributed by atoms with Crippen LogP contribution < -0.4 is 5.73 Å². The van der Waals surface area contributed by atoms with E-state index in [4.69, 9.17) is 0 Å². The van der Waals surface area contributed by atoms with Gasteiger partial charge in [0.25, 0.3) is 0 Å². The number of allylic oxidation sites excluding steroid dienone is 2. The molecule has 0 bridgehead atoms. The second kappa shape index (κ2) is 9.26. The molecule has 0 aliphatic heterocycles. The van der Waals surface area contributed by atoms with Crippen LogP contribution in [0, 0.1) is 34.5 Å². The van der Waals surface area contributed by atoms with E-state index in [-0.39, 0.29) is 0 Å². The molecule has 0 aromatic carbocycles. The number of nitrogens with two attached hydrogens (primary N) is 1. The van der Waals surface area contributed by atoms with Crippen molar-refractivity contribution in [3.05, 3.63) is 11.6 Å². The third-order valence-corrected chi connectivity index (χ3v) is 8.78. The molecule has 1 heteroatoms. The summed E-state index contributed by atoms with van der Waals surface area (Å²) in [6.07, 6.45) is 19.1. The van der Waals surface area contributed by atoms with E-state index in [2.05, 4.69) is 32.6 Å². The van der Waals surface area contributed by atoms with Gasteiger partial charge in [0.2, 0.25) is 0 Å². The summed E-state index contributed by atoms with van der Waals surface area (Å²) in [6, 6.07) is 0. The molecule has 26 heavy (non-hydrogen) atoms. The fourth-order valence-corrected chi connectivity index (χ4v) is 7.49. The van der Waals surface area contributed by atoms with Gasteiger partial charge in [0.1, 0.15) is 0 Å². The summed E-state index contributed by atoms with van der Waals surface area (Å²) < 4.78 is 0. The lowest BCUT2D eigenvalue weighted by molar-refractivity contribution is 0.0289. The predicted octanol–water partition coefficient (Wildman–Crippen LogP) is 7.36. The maximum atomic E-state index is 4.50. The molecule has 0 aromatic heterocycles. The van der Waals surface area contributed by atoms with Crippen molar-refractivity contribution in [2.75, 3.05) is 7.05 Å². The summed E-state index contributed by atoms with van der Waals surface area (Å²) >= 11 is 0. The molecule has 1 nitrogen and oxygen atoms in total. The molecule has 4 aliphatic rings. The Kier molecular flexibility index (Phi) is 7.84. The van der Waals surface area contributed by atoms with Gasteiger partial charge in [-0.1, -0.05) is 72.0 Å². The van der Waals surface area contributed by atoms with Crippen molar-refractivity contribution in [3.8, 4) is 0 Å². The van der Waals surface area contributed by atoms with Gasteiger partial charge >= 0.3 is 0 Å². The molecule has 152 valence electrons. The quantitative estimate of drug-likeness (QED) is 0.511. The molecule has 0 amide bonds. The lowest BCUT2D eigenvalue weighted by Crippen LogP contribution is -2.46. The minimum absolute atomic E-state index is 0.589. The van der Waals surface area contributed by atoms with Crippen LogP contribution in [0.1, 0.15) is 105 Å². The van der Waals surface area contributed by atoms with Crippen molar-refractivity contribution < 1.29 is 0 Å². The minimum Gasteiger partial charge on any atom is -0.333 e. The number of hydrogen-bond acceptors (Lipinski definition) is 1. The summed E-state index contributed by atoms with van der Waals surface area (Å²) in [7, 11) is 1.50. The van der Waals surface area contributed by atoms with Gasteiger partial charge in [-0.25, -0.2) is 0 Å². The van der Waals surface area contributed by atoms with Gasteiger partial charge in [-0.15, -0.1) is 0 Å².